The van der Waals surface area contributed by atoms with E-state index in [1.165, 1.54) is 34.6 Å². The summed E-state index contributed by atoms with van der Waals surface area (Å²) in [7, 11) is -3.72. The molecule has 0 saturated carbocycles. The van der Waals surface area contributed by atoms with Crippen molar-refractivity contribution in [3.05, 3.63) is 65.2 Å². The predicted octanol–water partition coefficient (Wildman–Crippen LogP) is 2.74. The van der Waals surface area contributed by atoms with Crippen LogP contribution in [-0.4, -0.2) is 20.1 Å². The van der Waals surface area contributed by atoms with Gasteiger partial charge < -0.3 is 5.11 Å². The Labute approximate surface area is 133 Å². The van der Waals surface area contributed by atoms with Gasteiger partial charge in [-0.25, -0.2) is 17.2 Å². The lowest BCUT2D eigenvalue weighted by Crippen LogP contribution is -2.37. The van der Waals surface area contributed by atoms with Gasteiger partial charge in [0.25, 0.3) is 0 Å². The van der Waals surface area contributed by atoms with Crippen LogP contribution in [0.3, 0.4) is 0 Å². The fraction of sp³-hybridized carbons (Fsp3) is 0.250. The third kappa shape index (κ3) is 3.20. The SMILES string of the molecule is O=S(=O)(Cc1ccc(F)cc1)N1CCC(O)c2cc(F)ccc21. The van der Waals surface area contributed by atoms with Crippen molar-refractivity contribution in [2.24, 2.45) is 0 Å². The number of fused-ring (bicyclic) bond motifs is 1. The Balaban J connectivity index is 1.95. The van der Waals surface area contributed by atoms with Gasteiger partial charge in [-0.15, -0.1) is 0 Å². The first-order valence-corrected chi connectivity index (χ1v) is 8.70. The van der Waals surface area contributed by atoms with Crippen molar-refractivity contribution in [3.8, 4) is 0 Å². The first-order valence-electron chi connectivity index (χ1n) is 7.09. The number of aliphatic hydroxyl groups excluding tert-OH is 1. The summed E-state index contributed by atoms with van der Waals surface area (Å²) in [5.74, 6) is -1.26. The summed E-state index contributed by atoms with van der Waals surface area (Å²) in [6.45, 7) is 0.114. The van der Waals surface area contributed by atoms with Gasteiger partial charge in [0, 0.05) is 12.1 Å². The lowest BCUT2D eigenvalue weighted by Gasteiger charge is -2.33. The minimum absolute atomic E-state index is 0.114. The van der Waals surface area contributed by atoms with Crippen molar-refractivity contribution in [1.29, 1.82) is 0 Å². The number of anilines is 1. The maximum absolute atomic E-state index is 13.4. The highest BCUT2D eigenvalue weighted by Crippen LogP contribution is 2.36. The molecule has 23 heavy (non-hydrogen) atoms. The maximum atomic E-state index is 13.4. The minimum Gasteiger partial charge on any atom is -0.388 e. The quantitative estimate of drug-likeness (QED) is 0.935. The molecule has 1 aliphatic rings. The van der Waals surface area contributed by atoms with E-state index in [2.05, 4.69) is 0 Å². The van der Waals surface area contributed by atoms with Gasteiger partial charge in [-0.05, 0) is 42.3 Å². The molecule has 122 valence electrons. The summed E-state index contributed by atoms with van der Waals surface area (Å²) in [5, 5.41) is 9.96. The highest BCUT2D eigenvalue weighted by atomic mass is 32.2. The topological polar surface area (TPSA) is 57.6 Å². The third-order valence-corrected chi connectivity index (χ3v) is 5.57. The van der Waals surface area contributed by atoms with Crippen molar-refractivity contribution in [1.82, 2.24) is 0 Å². The van der Waals surface area contributed by atoms with Crippen LogP contribution in [0.5, 0.6) is 0 Å². The Morgan fingerprint density at radius 3 is 2.43 bits per heavy atom. The van der Waals surface area contributed by atoms with E-state index < -0.39 is 27.8 Å². The second-order valence-corrected chi connectivity index (χ2v) is 7.36. The lowest BCUT2D eigenvalue weighted by molar-refractivity contribution is 0.166. The molecule has 0 fully saturated rings. The molecule has 0 aromatic heterocycles. The fourth-order valence-electron chi connectivity index (χ4n) is 2.69. The van der Waals surface area contributed by atoms with E-state index in [4.69, 9.17) is 0 Å². The summed E-state index contributed by atoms with van der Waals surface area (Å²) in [6, 6.07) is 8.91. The zero-order valence-electron chi connectivity index (χ0n) is 12.1. The molecule has 1 atom stereocenters. The van der Waals surface area contributed by atoms with Gasteiger partial charge in [0.2, 0.25) is 10.0 Å². The van der Waals surface area contributed by atoms with Crippen LogP contribution in [0.25, 0.3) is 0 Å². The Bertz CT molecular complexity index is 822. The number of benzene rings is 2. The number of hydrogen-bond acceptors (Lipinski definition) is 3. The van der Waals surface area contributed by atoms with Crippen LogP contribution >= 0.6 is 0 Å². The standard InChI is InChI=1S/C16H15F2NO3S/c17-12-3-1-11(2-4-12)10-23(21,22)19-8-7-16(20)14-9-13(18)5-6-15(14)19/h1-6,9,16,20H,7-8,10H2. The van der Waals surface area contributed by atoms with Gasteiger partial charge in [0.05, 0.1) is 17.5 Å². The molecule has 0 saturated heterocycles. The summed E-state index contributed by atoms with van der Waals surface area (Å²) in [6.07, 6.45) is -0.697. The van der Waals surface area contributed by atoms with Crippen molar-refractivity contribution < 1.29 is 22.3 Å². The molecule has 0 radical (unpaired) electrons. The average Bonchev–Trinajstić information content (AvgIpc) is 2.50. The Kier molecular flexibility index (Phi) is 4.08. The van der Waals surface area contributed by atoms with Crippen LogP contribution < -0.4 is 4.31 Å². The van der Waals surface area contributed by atoms with Crippen LogP contribution in [0.4, 0.5) is 14.5 Å². The maximum Gasteiger partial charge on any atom is 0.239 e. The Hall–Kier alpha value is -1.99. The van der Waals surface area contributed by atoms with Gasteiger partial charge in [-0.3, -0.25) is 4.31 Å². The van der Waals surface area contributed by atoms with Crippen LogP contribution in [0.15, 0.2) is 42.5 Å². The van der Waals surface area contributed by atoms with Gasteiger partial charge in [-0.2, -0.15) is 0 Å². The highest BCUT2D eigenvalue weighted by Gasteiger charge is 2.31. The second kappa shape index (κ2) is 5.90. The largest absolute Gasteiger partial charge is 0.388 e. The minimum atomic E-state index is -3.72. The molecule has 0 bridgehead atoms. The molecule has 0 amide bonds. The van der Waals surface area contributed by atoms with E-state index in [9.17, 15) is 22.3 Å². The van der Waals surface area contributed by atoms with Crippen LogP contribution in [-0.2, 0) is 15.8 Å². The number of hydrogen-bond donors (Lipinski definition) is 1. The van der Waals surface area contributed by atoms with Crippen molar-refractivity contribution in [2.45, 2.75) is 18.3 Å². The highest BCUT2D eigenvalue weighted by molar-refractivity contribution is 7.92. The lowest BCUT2D eigenvalue weighted by atomic mass is 10.0. The number of rotatable bonds is 3. The van der Waals surface area contributed by atoms with Crippen LogP contribution in [0.2, 0.25) is 0 Å². The first-order chi connectivity index (χ1) is 10.9. The van der Waals surface area contributed by atoms with Crippen molar-refractivity contribution >= 4 is 15.7 Å². The molecule has 1 aliphatic heterocycles. The fourth-order valence-corrected chi connectivity index (χ4v) is 4.31. The molecule has 0 spiro atoms. The van der Waals surface area contributed by atoms with Gasteiger partial charge in [0.15, 0.2) is 0 Å². The number of nitrogens with zero attached hydrogens (tertiary/aromatic N) is 1. The molecule has 2 aromatic rings. The predicted molar refractivity (Wildman–Crippen MR) is 82.3 cm³/mol. The zero-order valence-corrected chi connectivity index (χ0v) is 12.9. The molecule has 0 aliphatic carbocycles. The normalized spacial score (nSPS) is 17.9. The summed E-state index contributed by atoms with van der Waals surface area (Å²) >= 11 is 0. The number of halogens is 2. The summed E-state index contributed by atoms with van der Waals surface area (Å²) in [4.78, 5) is 0. The van der Waals surface area contributed by atoms with Gasteiger partial charge in [0.1, 0.15) is 11.6 Å². The summed E-state index contributed by atoms with van der Waals surface area (Å²) in [5.41, 5.74) is 1.01. The smallest absolute Gasteiger partial charge is 0.239 e. The Morgan fingerprint density at radius 1 is 1.09 bits per heavy atom. The van der Waals surface area contributed by atoms with E-state index in [1.54, 1.807) is 0 Å². The molecule has 2 aromatic carbocycles. The number of sulfonamides is 1. The van der Waals surface area contributed by atoms with E-state index >= 15 is 0 Å². The Morgan fingerprint density at radius 2 is 1.74 bits per heavy atom. The third-order valence-electron chi connectivity index (χ3n) is 3.82. The van der Waals surface area contributed by atoms with E-state index in [-0.39, 0.29) is 30.0 Å². The van der Waals surface area contributed by atoms with Crippen molar-refractivity contribution in [3.63, 3.8) is 0 Å². The van der Waals surface area contributed by atoms with Gasteiger partial charge >= 0.3 is 0 Å². The summed E-state index contributed by atoms with van der Waals surface area (Å²) < 4.78 is 52.8. The molecular weight excluding hydrogens is 324 g/mol. The van der Waals surface area contributed by atoms with E-state index in [0.29, 0.717) is 5.56 Å². The van der Waals surface area contributed by atoms with Gasteiger partial charge in [-0.1, -0.05) is 12.1 Å². The molecular formula is C16H15F2NO3S. The molecule has 3 rings (SSSR count). The second-order valence-electron chi connectivity index (χ2n) is 5.46. The zero-order chi connectivity index (χ0) is 16.6. The monoisotopic (exact) mass is 339 g/mol. The molecule has 4 nitrogen and oxygen atoms in total. The molecule has 1 N–H and O–H groups in total. The first kappa shape index (κ1) is 15.9. The van der Waals surface area contributed by atoms with Crippen LogP contribution in [0.1, 0.15) is 23.7 Å². The van der Waals surface area contributed by atoms with Crippen molar-refractivity contribution in [2.75, 3.05) is 10.8 Å². The van der Waals surface area contributed by atoms with E-state index in [0.717, 1.165) is 12.1 Å². The van der Waals surface area contributed by atoms with E-state index in [1.807, 2.05) is 0 Å². The van der Waals surface area contributed by atoms with Crippen LogP contribution in [0, 0.1) is 11.6 Å². The number of aliphatic hydroxyl groups is 1. The average molecular weight is 339 g/mol. The molecule has 1 heterocycles. The molecule has 1 unspecified atom stereocenters. The molecule has 7 heteroatoms.